The zero-order chi connectivity index (χ0) is 4.12. The standard InChI is InChI=1S/2CN.Ca.Fe.2H/c2*1-2;;;;. The van der Waals surface area contributed by atoms with Crippen molar-refractivity contribution in [2.24, 2.45) is 0 Å². The molecule has 0 aromatic heterocycles. The van der Waals surface area contributed by atoms with E-state index in [0.29, 0.717) is 0 Å². The minimum absolute atomic E-state index is 0. The summed E-state index contributed by atoms with van der Waals surface area (Å²) >= 11 is 0. The first-order chi connectivity index (χ1) is 2.41. The Morgan fingerprint density at radius 3 is 1.50 bits per heavy atom. The molecular formula is C2H2CaFeN2. The molecule has 4 heteroatoms. The molecule has 0 aliphatic carbocycles. The zero-order valence-electron chi connectivity index (χ0n) is 2.25. The first kappa shape index (κ1) is 9.90. The van der Waals surface area contributed by atoms with Crippen molar-refractivity contribution < 1.29 is 15.0 Å². The van der Waals surface area contributed by atoms with Gasteiger partial charge in [0.1, 0.15) is 0 Å². The topological polar surface area (TPSA) is 47.6 Å². The second-order valence-electron chi connectivity index (χ2n) is 0.247. The van der Waals surface area contributed by atoms with E-state index < -0.39 is 0 Å². The van der Waals surface area contributed by atoms with Crippen LogP contribution in [0.5, 0.6) is 0 Å². The number of nitrogens with zero attached hydrogens (tertiary/aromatic N) is 2. The number of hydrogen-bond acceptors (Lipinski definition) is 2. The van der Waals surface area contributed by atoms with E-state index in [0.717, 1.165) is 0 Å². The van der Waals surface area contributed by atoms with Crippen LogP contribution in [-0.2, 0) is 15.0 Å². The first-order valence-corrected chi connectivity index (χ1v) is 1.90. The molecular weight excluding hydrogens is 148 g/mol. The molecule has 0 radical (unpaired) electrons. The van der Waals surface area contributed by atoms with E-state index in [1.807, 2.05) is 0 Å². The van der Waals surface area contributed by atoms with Gasteiger partial charge in [-0.3, -0.25) is 0 Å². The molecule has 2 nitrogen and oxygen atoms in total. The van der Waals surface area contributed by atoms with E-state index in [2.05, 4.69) is 0 Å². The number of rotatable bonds is 0. The average molecular weight is 150 g/mol. The minimum atomic E-state index is 0. The molecule has 0 atom stereocenters. The summed E-state index contributed by atoms with van der Waals surface area (Å²) in [5.41, 5.74) is 0. The van der Waals surface area contributed by atoms with E-state index in [1.54, 1.807) is 9.94 Å². The molecule has 0 aliphatic heterocycles. The van der Waals surface area contributed by atoms with Crippen LogP contribution >= 0.6 is 0 Å². The van der Waals surface area contributed by atoms with Gasteiger partial charge in [0.2, 0.25) is 0 Å². The molecule has 0 aromatic rings. The summed E-state index contributed by atoms with van der Waals surface area (Å²) in [5, 5.41) is 15.2. The molecule has 0 spiro atoms. The maximum absolute atomic E-state index is 7.59. The molecule has 0 aromatic carbocycles. The summed E-state index contributed by atoms with van der Waals surface area (Å²) in [6, 6.07) is 0. The van der Waals surface area contributed by atoms with Gasteiger partial charge < -0.3 is 0 Å². The summed E-state index contributed by atoms with van der Waals surface area (Å²) in [6.07, 6.45) is 0. The third-order valence-electron chi connectivity index (χ3n) is 0.0791. The number of hydrogen-bond donors (Lipinski definition) is 0. The fourth-order valence-corrected chi connectivity index (χ4v) is 0.0729. The van der Waals surface area contributed by atoms with Crippen molar-refractivity contribution >= 4 is 37.7 Å². The monoisotopic (exact) mass is 150 g/mol. The molecule has 0 aliphatic rings. The van der Waals surface area contributed by atoms with Crippen molar-refractivity contribution in [3.63, 3.8) is 0 Å². The van der Waals surface area contributed by atoms with Gasteiger partial charge in [0, 0.05) is 0 Å². The quantitative estimate of drug-likeness (QED) is 0.420. The molecule has 0 unspecified atom stereocenters. The Morgan fingerprint density at radius 2 is 1.50 bits per heavy atom. The Morgan fingerprint density at radius 1 is 1.17 bits per heavy atom. The summed E-state index contributed by atoms with van der Waals surface area (Å²) in [7, 11) is 0. The molecule has 6 heavy (non-hydrogen) atoms. The van der Waals surface area contributed by atoms with Crippen LogP contribution in [0, 0.1) is 20.5 Å². The van der Waals surface area contributed by atoms with Gasteiger partial charge in [-0.2, -0.15) is 0 Å². The van der Waals surface area contributed by atoms with Crippen LogP contribution < -0.4 is 0 Å². The van der Waals surface area contributed by atoms with Crippen LogP contribution in [0.3, 0.4) is 0 Å². The van der Waals surface area contributed by atoms with E-state index >= 15 is 0 Å². The van der Waals surface area contributed by atoms with Crippen LogP contribution in [-0.4, -0.2) is 37.7 Å². The Labute approximate surface area is 72.3 Å². The molecule has 30 valence electrons. The summed E-state index contributed by atoms with van der Waals surface area (Å²) in [5.74, 6) is 0. The average Bonchev–Trinajstić information content (AvgIpc) is 1.41. The Kier molecular flexibility index (Phi) is 15.2. The van der Waals surface area contributed by atoms with Crippen LogP contribution in [0.2, 0.25) is 0 Å². The van der Waals surface area contributed by atoms with Crippen molar-refractivity contribution in [1.29, 1.82) is 10.5 Å². The van der Waals surface area contributed by atoms with E-state index in [4.69, 9.17) is 10.5 Å². The third kappa shape index (κ3) is 8.83. The van der Waals surface area contributed by atoms with Crippen LogP contribution in [0.1, 0.15) is 0 Å². The molecule has 0 bridgehead atoms. The maximum atomic E-state index is 7.59. The second-order valence-corrected chi connectivity index (χ2v) is 1.02. The molecule has 0 saturated heterocycles. The van der Waals surface area contributed by atoms with Crippen LogP contribution in [0.25, 0.3) is 0 Å². The van der Waals surface area contributed by atoms with Crippen molar-refractivity contribution in [2.45, 2.75) is 0 Å². The fraction of sp³-hybridized carbons (Fsp3) is 0. The van der Waals surface area contributed by atoms with E-state index in [9.17, 15) is 0 Å². The van der Waals surface area contributed by atoms with Crippen molar-refractivity contribution in [3.8, 4) is 9.94 Å². The van der Waals surface area contributed by atoms with Gasteiger partial charge in [-0.05, 0) is 0 Å². The molecule has 0 saturated carbocycles. The van der Waals surface area contributed by atoms with Gasteiger partial charge in [-0.15, -0.1) is 0 Å². The van der Waals surface area contributed by atoms with Crippen molar-refractivity contribution in [3.05, 3.63) is 0 Å². The zero-order valence-corrected chi connectivity index (χ0v) is 3.35. The van der Waals surface area contributed by atoms with E-state index in [1.165, 1.54) is 0 Å². The Balaban J connectivity index is 0. The fourth-order valence-electron chi connectivity index (χ4n) is 0.0177. The van der Waals surface area contributed by atoms with Gasteiger partial charge in [-0.1, -0.05) is 0 Å². The molecule has 0 heterocycles. The predicted octanol–water partition coefficient (Wildman–Crippen LogP) is -0.885. The van der Waals surface area contributed by atoms with Crippen molar-refractivity contribution in [1.82, 2.24) is 0 Å². The molecule has 0 fully saturated rings. The summed E-state index contributed by atoms with van der Waals surface area (Å²) in [6.45, 7) is 0. The van der Waals surface area contributed by atoms with Gasteiger partial charge in [0.05, 0.1) is 0 Å². The van der Waals surface area contributed by atoms with Gasteiger partial charge in [-0.25, -0.2) is 0 Å². The van der Waals surface area contributed by atoms with Crippen molar-refractivity contribution in [2.75, 3.05) is 0 Å². The molecule has 0 amide bonds. The summed E-state index contributed by atoms with van der Waals surface area (Å²) in [4.78, 5) is 3.31. The Hall–Kier alpha value is 0.759. The molecule has 0 N–H and O–H groups in total. The Bertz CT molecular complexity index is 76.7. The normalized spacial score (nSPS) is 4.33. The number of nitriles is 2. The third-order valence-corrected chi connectivity index (χ3v) is 0.326. The van der Waals surface area contributed by atoms with Gasteiger partial charge in [0.25, 0.3) is 0 Å². The first-order valence-electron chi connectivity index (χ1n) is 0.801. The van der Waals surface area contributed by atoms with E-state index in [-0.39, 0.29) is 52.7 Å². The second kappa shape index (κ2) is 9.23. The predicted molar refractivity (Wildman–Crippen MR) is 19.8 cm³/mol. The van der Waals surface area contributed by atoms with Gasteiger partial charge >= 0.3 is 73.2 Å². The van der Waals surface area contributed by atoms with Gasteiger partial charge in [0.15, 0.2) is 0 Å². The molecule has 0 rings (SSSR count). The van der Waals surface area contributed by atoms with Crippen LogP contribution in [0.4, 0.5) is 0 Å². The van der Waals surface area contributed by atoms with Crippen LogP contribution in [0.15, 0.2) is 0 Å². The SMILES string of the molecule is N#[C][Fe][C]#N.[CaH2]. The summed E-state index contributed by atoms with van der Waals surface area (Å²) < 4.78 is 0.